The molecule has 2 rings (SSSR count). The smallest absolute Gasteiger partial charge is 0.120 e. The zero-order valence-electron chi connectivity index (χ0n) is 13.1. The number of hydrogen-bond donors (Lipinski definition) is 1. The third kappa shape index (κ3) is 3.98. The van der Waals surface area contributed by atoms with Crippen LogP contribution in [0.15, 0.2) is 36.4 Å². The van der Waals surface area contributed by atoms with E-state index in [2.05, 4.69) is 50.2 Å². The van der Waals surface area contributed by atoms with Crippen LogP contribution in [0.4, 0.5) is 0 Å². The summed E-state index contributed by atoms with van der Waals surface area (Å²) in [6.45, 7) is 5.27. The van der Waals surface area contributed by atoms with Gasteiger partial charge in [0.25, 0.3) is 0 Å². The minimum Gasteiger partial charge on any atom is -0.494 e. The molecule has 2 nitrogen and oxygen atoms in total. The molecule has 114 valence electrons. The number of fused-ring (bicyclic) bond motifs is 1. The van der Waals surface area contributed by atoms with Gasteiger partial charge in [0.05, 0.1) is 6.61 Å². The third-order valence-corrected chi connectivity index (χ3v) is 3.93. The molecule has 21 heavy (non-hydrogen) atoms. The van der Waals surface area contributed by atoms with Crippen molar-refractivity contribution in [3.8, 4) is 5.75 Å². The van der Waals surface area contributed by atoms with Crippen LogP contribution in [0.5, 0.6) is 5.75 Å². The third-order valence-electron chi connectivity index (χ3n) is 3.93. The first-order chi connectivity index (χ1) is 10.3. The second kappa shape index (κ2) is 8.04. The Bertz CT molecular complexity index is 562. The number of ether oxygens (including phenoxy) is 1. The van der Waals surface area contributed by atoms with Crippen LogP contribution in [0.3, 0.4) is 0 Å². The lowest BCUT2D eigenvalue weighted by Gasteiger charge is -2.18. The molecule has 1 atom stereocenters. The van der Waals surface area contributed by atoms with E-state index < -0.39 is 0 Å². The van der Waals surface area contributed by atoms with Gasteiger partial charge in [-0.1, -0.05) is 51.0 Å². The van der Waals surface area contributed by atoms with E-state index in [1.807, 2.05) is 0 Å². The van der Waals surface area contributed by atoms with Crippen LogP contribution in [0, 0.1) is 0 Å². The lowest BCUT2D eigenvalue weighted by molar-refractivity contribution is 0.258. The van der Waals surface area contributed by atoms with E-state index in [0.29, 0.717) is 0 Å². The highest BCUT2D eigenvalue weighted by molar-refractivity contribution is 5.87. The van der Waals surface area contributed by atoms with Crippen molar-refractivity contribution in [2.45, 2.75) is 45.4 Å². The quantitative estimate of drug-likeness (QED) is 0.700. The minimum atomic E-state index is 0.189. The summed E-state index contributed by atoms with van der Waals surface area (Å²) < 4.78 is 5.89. The van der Waals surface area contributed by atoms with Gasteiger partial charge < -0.3 is 9.84 Å². The van der Waals surface area contributed by atoms with Crippen molar-refractivity contribution < 1.29 is 9.84 Å². The van der Waals surface area contributed by atoms with Gasteiger partial charge in [-0.25, -0.2) is 0 Å². The maximum atomic E-state index is 9.73. The molecule has 0 aliphatic carbocycles. The van der Waals surface area contributed by atoms with E-state index in [-0.39, 0.29) is 12.5 Å². The summed E-state index contributed by atoms with van der Waals surface area (Å²) in [6.07, 6.45) is 4.27. The predicted octanol–water partition coefficient (Wildman–Crippen LogP) is 4.89. The molecule has 1 N–H and O–H groups in total. The monoisotopic (exact) mass is 286 g/mol. The van der Waals surface area contributed by atoms with Crippen LogP contribution >= 0.6 is 0 Å². The second-order valence-corrected chi connectivity index (χ2v) is 5.60. The molecule has 0 heterocycles. The normalized spacial score (nSPS) is 12.5. The first kappa shape index (κ1) is 15.8. The van der Waals surface area contributed by atoms with Gasteiger partial charge in [-0.3, -0.25) is 0 Å². The maximum absolute atomic E-state index is 9.73. The highest BCUT2D eigenvalue weighted by Gasteiger charge is 2.14. The molecule has 0 aromatic heterocycles. The molecule has 0 radical (unpaired) electrons. The standard InChI is InChI=1S/C19H26O2/c1-3-5-11-21-17-12-15-9-6-7-10-18(15)19(13-17)16(14-20)8-4-2/h6-7,9-10,12-13,16,20H,3-5,8,11,14H2,1-2H3. The molecule has 0 aliphatic rings. The van der Waals surface area contributed by atoms with E-state index >= 15 is 0 Å². The Hall–Kier alpha value is -1.54. The SMILES string of the molecule is CCCCOc1cc(C(CO)CCC)c2ccccc2c1. The highest BCUT2D eigenvalue weighted by atomic mass is 16.5. The van der Waals surface area contributed by atoms with Crippen LogP contribution in [-0.2, 0) is 0 Å². The van der Waals surface area contributed by atoms with Gasteiger partial charge in [0.2, 0.25) is 0 Å². The van der Waals surface area contributed by atoms with Crippen LogP contribution in [0.1, 0.15) is 51.0 Å². The summed E-state index contributed by atoms with van der Waals surface area (Å²) in [7, 11) is 0. The predicted molar refractivity (Wildman–Crippen MR) is 89.1 cm³/mol. The van der Waals surface area contributed by atoms with Crippen molar-refractivity contribution in [2.24, 2.45) is 0 Å². The van der Waals surface area contributed by atoms with Crippen LogP contribution < -0.4 is 4.74 Å². The number of hydrogen-bond acceptors (Lipinski definition) is 2. The Morgan fingerprint density at radius 1 is 1.10 bits per heavy atom. The highest BCUT2D eigenvalue weighted by Crippen LogP contribution is 2.32. The van der Waals surface area contributed by atoms with E-state index in [1.165, 1.54) is 16.3 Å². The molecule has 0 aliphatic heterocycles. The Morgan fingerprint density at radius 3 is 2.62 bits per heavy atom. The van der Waals surface area contributed by atoms with Crippen molar-refractivity contribution in [1.29, 1.82) is 0 Å². The van der Waals surface area contributed by atoms with Gasteiger partial charge in [-0.05, 0) is 41.3 Å². The maximum Gasteiger partial charge on any atom is 0.120 e. The van der Waals surface area contributed by atoms with Gasteiger partial charge >= 0.3 is 0 Å². The molecule has 0 bridgehead atoms. The molecule has 0 saturated heterocycles. The Kier molecular flexibility index (Phi) is 6.06. The molecule has 0 fully saturated rings. The summed E-state index contributed by atoms with van der Waals surface area (Å²) in [5.41, 5.74) is 1.21. The Morgan fingerprint density at radius 2 is 1.90 bits per heavy atom. The minimum absolute atomic E-state index is 0.189. The summed E-state index contributed by atoms with van der Waals surface area (Å²) in [4.78, 5) is 0. The number of benzene rings is 2. The Balaban J connectivity index is 2.39. The summed E-state index contributed by atoms with van der Waals surface area (Å²) >= 11 is 0. The molecule has 1 unspecified atom stereocenters. The zero-order chi connectivity index (χ0) is 15.1. The van der Waals surface area contributed by atoms with Gasteiger partial charge in [0.15, 0.2) is 0 Å². The van der Waals surface area contributed by atoms with Crippen molar-refractivity contribution in [1.82, 2.24) is 0 Å². The lowest BCUT2D eigenvalue weighted by Crippen LogP contribution is -2.06. The lowest BCUT2D eigenvalue weighted by atomic mass is 9.90. The summed E-state index contributed by atoms with van der Waals surface area (Å²) in [6, 6.07) is 12.6. The first-order valence-electron chi connectivity index (χ1n) is 8.06. The molecular formula is C19H26O2. The number of aliphatic hydroxyl groups is 1. The van der Waals surface area contributed by atoms with Crippen LogP contribution in [-0.4, -0.2) is 18.3 Å². The van der Waals surface area contributed by atoms with Crippen LogP contribution in [0.25, 0.3) is 10.8 Å². The molecule has 0 amide bonds. The van der Waals surface area contributed by atoms with E-state index in [0.717, 1.165) is 38.0 Å². The van der Waals surface area contributed by atoms with E-state index in [4.69, 9.17) is 4.74 Å². The number of rotatable bonds is 8. The Labute approximate surface area is 127 Å². The van der Waals surface area contributed by atoms with Crippen LogP contribution in [0.2, 0.25) is 0 Å². The molecule has 2 aromatic rings. The zero-order valence-corrected chi connectivity index (χ0v) is 13.1. The molecule has 2 aromatic carbocycles. The van der Waals surface area contributed by atoms with Crippen molar-refractivity contribution in [2.75, 3.05) is 13.2 Å². The molecule has 2 heteroatoms. The second-order valence-electron chi connectivity index (χ2n) is 5.60. The summed E-state index contributed by atoms with van der Waals surface area (Å²) in [5.74, 6) is 1.11. The van der Waals surface area contributed by atoms with Gasteiger partial charge in [0, 0.05) is 12.5 Å². The van der Waals surface area contributed by atoms with Crippen molar-refractivity contribution in [3.63, 3.8) is 0 Å². The van der Waals surface area contributed by atoms with Crippen molar-refractivity contribution in [3.05, 3.63) is 42.0 Å². The fourth-order valence-electron chi connectivity index (χ4n) is 2.76. The number of unbranched alkanes of at least 4 members (excludes halogenated alkanes) is 1. The number of aliphatic hydroxyl groups excluding tert-OH is 1. The molecule has 0 saturated carbocycles. The van der Waals surface area contributed by atoms with Gasteiger partial charge in [0.1, 0.15) is 5.75 Å². The van der Waals surface area contributed by atoms with E-state index in [1.54, 1.807) is 0 Å². The largest absolute Gasteiger partial charge is 0.494 e. The van der Waals surface area contributed by atoms with E-state index in [9.17, 15) is 5.11 Å². The summed E-state index contributed by atoms with van der Waals surface area (Å²) in [5, 5.41) is 12.2. The van der Waals surface area contributed by atoms with Gasteiger partial charge in [-0.2, -0.15) is 0 Å². The fourth-order valence-corrected chi connectivity index (χ4v) is 2.76. The molecular weight excluding hydrogens is 260 g/mol. The first-order valence-corrected chi connectivity index (χ1v) is 8.06. The van der Waals surface area contributed by atoms with Gasteiger partial charge in [-0.15, -0.1) is 0 Å². The van der Waals surface area contributed by atoms with Crippen molar-refractivity contribution >= 4 is 10.8 Å². The average molecular weight is 286 g/mol. The average Bonchev–Trinajstić information content (AvgIpc) is 2.52. The fraction of sp³-hybridized carbons (Fsp3) is 0.474. The molecule has 0 spiro atoms. The topological polar surface area (TPSA) is 29.5 Å².